The quantitative estimate of drug-likeness (QED) is 0.584. The molecule has 2 amide bonds. The van der Waals surface area contributed by atoms with Gasteiger partial charge in [-0.15, -0.1) is 0 Å². The molecule has 4 nitrogen and oxygen atoms in total. The minimum absolute atomic E-state index is 0.00706. The predicted octanol–water partition coefficient (Wildman–Crippen LogP) is 3.21. The van der Waals surface area contributed by atoms with Crippen molar-refractivity contribution in [3.63, 3.8) is 0 Å². The minimum atomic E-state index is -0.607. The van der Waals surface area contributed by atoms with Gasteiger partial charge in [-0.2, -0.15) is 0 Å². The number of rotatable bonds is 1. The maximum atomic E-state index is 12.5. The molecule has 2 aromatic carbocycles. The van der Waals surface area contributed by atoms with Crippen molar-refractivity contribution in [1.29, 1.82) is 0 Å². The first kappa shape index (κ1) is 15.0. The zero-order chi connectivity index (χ0) is 15.7. The van der Waals surface area contributed by atoms with Crippen LogP contribution >= 0.6 is 22.6 Å². The molecule has 112 valence electrons. The van der Waals surface area contributed by atoms with Crippen LogP contribution in [0.1, 0.15) is 12.5 Å². The first-order valence-corrected chi connectivity index (χ1v) is 8.12. The molecule has 1 aliphatic rings. The Labute approximate surface area is 142 Å². The number of nitrogens with one attached hydrogen (secondary N) is 1. The number of para-hydroxylation sites is 1. The summed E-state index contributed by atoms with van der Waals surface area (Å²) in [7, 11) is 0. The molecule has 1 heterocycles. The minimum Gasteiger partial charge on any atom is -0.318 e. The zero-order valence-electron chi connectivity index (χ0n) is 12.0. The number of carbonyl (C=O) groups is 2. The Morgan fingerprint density at radius 3 is 2.55 bits per heavy atom. The van der Waals surface area contributed by atoms with Gasteiger partial charge < -0.3 is 10.2 Å². The van der Waals surface area contributed by atoms with E-state index in [0.717, 1.165) is 21.2 Å². The Kier molecular flexibility index (Phi) is 4.15. The van der Waals surface area contributed by atoms with E-state index >= 15 is 0 Å². The van der Waals surface area contributed by atoms with Crippen LogP contribution in [0.3, 0.4) is 0 Å². The van der Waals surface area contributed by atoms with Crippen LogP contribution in [-0.2, 0) is 16.0 Å². The Morgan fingerprint density at radius 2 is 1.82 bits per heavy atom. The smallest absolute Gasteiger partial charge is 0.316 e. The number of anilines is 2. The summed E-state index contributed by atoms with van der Waals surface area (Å²) >= 11 is 2.19. The third kappa shape index (κ3) is 2.85. The van der Waals surface area contributed by atoms with Crippen molar-refractivity contribution in [2.45, 2.75) is 19.4 Å². The highest BCUT2D eigenvalue weighted by Crippen LogP contribution is 2.31. The van der Waals surface area contributed by atoms with E-state index in [-0.39, 0.29) is 6.04 Å². The number of nitrogens with zero attached hydrogens (tertiary/aromatic N) is 1. The molecule has 22 heavy (non-hydrogen) atoms. The van der Waals surface area contributed by atoms with Crippen molar-refractivity contribution in [1.82, 2.24) is 0 Å². The Morgan fingerprint density at radius 1 is 1.14 bits per heavy atom. The molecule has 2 aromatic rings. The molecule has 0 aliphatic carbocycles. The van der Waals surface area contributed by atoms with Gasteiger partial charge in [0.2, 0.25) is 0 Å². The average molecular weight is 406 g/mol. The first-order chi connectivity index (χ1) is 10.6. The molecule has 1 aliphatic heterocycles. The summed E-state index contributed by atoms with van der Waals surface area (Å²) in [6, 6.07) is 15.0. The van der Waals surface area contributed by atoms with Crippen molar-refractivity contribution in [2.24, 2.45) is 0 Å². The maximum Gasteiger partial charge on any atom is 0.316 e. The number of amides is 2. The molecule has 1 N–H and O–H groups in total. The van der Waals surface area contributed by atoms with Gasteiger partial charge in [0.1, 0.15) is 0 Å². The fraction of sp³-hybridized carbons (Fsp3) is 0.176. The molecule has 0 radical (unpaired) electrons. The van der Waals surface area contributed by atoms with Gasteiger partial charge in [0.25, 0.3) is 0 Å². The number of carbonyl (C=O) groups excluding carboxylic acids is 2. The SMILES string of the molecule is CC1Cc2ccccc2N1C(=O)C(=O)Nc1ccc(I)cc1. The molecule has 0 saturated carbocycles. The molecule has 0 bridgehead atoms. The highest BCUT2D eigenvalue weighted by molar-refractivity contribution is 14.1. The van der Waals surface area contributed by atoms with Crippen molar-refractivity contribution in [2.75, 3.05) is 10.2 Å². The molecular weight excluding hydrogens is 391 g/mol. The summed E-state index contributed by atoms with van der Waals surface area (Å²) in [6.07, 6.45) is 0.777. The van der Waals surface area contributed by atoms with E-state index in [1.165, 1.54) is 0 Å². The molecular formula is C17H15IN2O2. The molecule has 0 fully saturated rings. The van der Waals surface area contributed by atoms with Gasteiger partial charge >= 0.3 is 11.8 Å². The van der Waals surface area contributed by atoms with Crippen LogP contribution < -0.4 is 10.2 Å². The molecule has 5 heteroatoms. The second kappa shape index (κ2) is 6.08. The molecule has 0 spiro atoms. The summed E-state index contributed by atoms with van der Waals surface area (Å²) in [6.45, 7) is 1.95. The molecule has 1 unspecified atom stereocenters. The van der Waals surface area contributed by atoms with Gasteiger partial charge in [0.05, 0.1) is 0 Å². The lowest BCUT2D eigenvalue weighted by molar-refractivity contribution is -0.134. The average Bonchev–Trinajstić information content (AvgIpc) is 2.84. The normalized spacial score (nSPS) is 16.3. The van der Waals surface area contributed by atoms with E-state index in [9.17, 15) is 9.59 Å². The number of hydrogen-bond donors (Lipinski definition) is 1. The van der Waals surface area contributed by atoms with Crippen molar-refractivity contribution in [3.8, 4) is 0 Å². The number of halogens is 1. The van der Waals surface area contributed by atoms with Gasteiger partial charge in [-0.05, 0) is 71.8 Å². The molecule has 0 saturated heterocycles. The maximum absolute atomic E-state index is 12.5. The third-order valence-corrected chi connectivity index (χ3v) is 4.44. The summed E-state index contributed by atoms with van der Waals surface area (Å²) < 4.78 is 1.07. The van der Waals surface area contributed by atoms with Gasteiger partial charge in [0.15, 0.2) is 0 Å². The molecule has 3 rings (SSSR count). The van der Waals surface area contributed by atoms with Crippen molar-refractivity contribution in [3.05, 3.63) is 57.7 Å². The molecule has 1 atom stereocenters. The summed E-state index contributed by atoms with van der Waals surface area (Å²) in [5.41, 5.74) is 2.56. The molecule has 0 aromatic heterocycles. The summed E-state index contributed by atoms with van der Waals surface area (Å²) in [5.74, 6) is -1.12. The van der Waals surface area contributed by atoms with Gasteiger partial charge in [-0.25, -0.2) is 0 Å². The fourth-order valence-electron chi connectivity index (χ4n) is 2.70. The second-order valence-electron chi connectivity index (χ2n) is 5.32. The standard InChI is InChI=1S/C17H15IN2O2/c1-11-10-12-4-2-3-5-15(12)20(11)17(22)16(21)19-14-8-6-13(18)7-9-14/h2-9,11H,10H2,1H3,(H,19,21). The lowest BCUT2D eigenvalue weighted by Crippen LogP contribution is -2.43. The number of hydrogen-bond acceptors (Lipinski definition) is 2. The van der Waals surface area contributed by atoms with Crippen LogP contribution in [0, 0.1) is 3.57 Å². The van der Waals surface area contributed by atoms with Gasteiger partial charge in [0, 0.05) is 21.0 Å². The van der Waals surface area contributed by atoms with Crippen LogP contribution in [0.5, 0.6) is 0 Å². The first-order valence-electron chi connectivity index (χ1n) is 7.04. The lowest BCUT2D eigenvalue weighted by Gasteiger charge is -2.22. The fourth-order valence-corrected chi connectivity index (χ4v) is 3.06. The van der Waals surface area contributed by atoms with E-state index in [1.807, 2.05) is 43.3 Å². The number of benzene rings is 2. The van der Waals surface area contributed by atoms with E-state index in [1.54, 1.807) is 17.0 Å². The van der Waals surface area contributed by atoms with Crippen molar-refractivity contribution >= 4 is 45.8 Å². The van der Waals surface area contributed by atoms with Crippen LogP contribution in [0.4, 0.5) is 11.4 Å². The number of fused-ring (bicyclic) bond motifs is 1. The van der Waals surface area contributed by atoms with Crippen molar-refractivity contribution < 1.29 is 9.59 Å². The van der Waals surface area contributed by atoms with Crippen LogP contribution in [0.2, 0.25) is 0 Å². The van der Waals surface area contributed by atoms with Crippen LogP contribution in [0.15, 0.2) is 48.5 Å². The van der Waals surface area contributed by atoms with Gasteiger partial charge in [-0.1, -0.05) is 18.2 Å². The largest absolute Gasteiger partial charge is 0.318 e. The predicted molar refractivity (Wildman–Crippen MR) is 94.9 cm³/mol. The highest BCUT2D eigenvalue weighted by atomic mass is 127. The van der Waals surface area contributed by atoms with E-state index in [0.29, 0.717) is 5.69 Å². The monoisotopic (exact) mass is 406 g/mol. The van der Waals surface area contributed by atoms with Crippen LogP contribution in [-0.4, -0.2) is 17.9 Å². The third-order valence-electron chi connectivity index (χ3n) is 3.72. The van der Waals surface area contributed by atoms with E-state index in [4.69, 9.17) is 0 Å². The second-order valence-corrected chi connectivity index (χ2v) is 6.56. The van der Waals surface area contributed by atoms with E-state index < -0.39 is 11.8 Å². The Bertz CT molecular complexity index is 728. The Hall–Kier alpha value is -1.89. The van der Waals surface area contributed by atoms with E-state index in [2.05, 4.69) is 27.9 Å². The summed E-state index contributed by atoms with van der Waals surface area (Å²) in [4.78, 5) is 26.3. The van der Waals surface area contributed by atoms with Crippen LogP contribution in [0.25, 0.3) is 0 Å². The summed E-state index contributed by atoms with van der Waals surface area (Å²) in [5, 5.41) is 2.66. The highest BCUT2D eigenvalue weighted by Gasteiger charge is 2.34. The van der Waals surface area contributed by atoms with Gasteiger partial charge in [-0.3, -0.25) is 9.59 Å². The topological polar surface area (TPSA) is 49.4 Å². The lowest BCUT2D eigenvalue weighted by atomic mass is 10.1. The zero-order valence-corrected chi connectivity index (χ0v) is 14.2. The Balaban J connectivity index is 1.79.